The third-order valence-corrected chi connectivity index (χ3v) is 3.69. The first-order chi connectivity index (χ1) is 9.92. The summed E-state index contributed by atoms with van der Waals surface area (Å²) in [5.41, 5.74) is 2.28. The molecule has 0 fully saturated rings. The van der Waals surface area contributed by atoms with E-state index >= 15 is 0 Å². The van der Waals surface area contributed by atoms with Crippen LogP contribution < -0.4 is 4.90 Å². The summed E-state index contributed by atoms with van der Waals surface area (Å²) in [5.74, 6) is -1.74. The van der Waals surface area contributed by atoms with Crippen molar-refractivity contribution in [2.45, 2.75) is 19.3 Å². The molecule has 0 radical (unpaired) electrons. The van der Waals surface area contributed by atoms with E-state index in [9.17, 15) is 8.78 Å². The fraction of sp³-hybridized carbons (Fsp3) is 0.250. The molecular formula is C16H13F2N3. The van der Waals surface area contributed by atoms with Gasteiger partial charge in [-0.3, -0.25) is 0 Å². The van der Waals surface area contributed by atoms with E-state index in [0.29, 0.717) is 17.9 Å². The molecule has 1 aromatic carbocycles. The summed E-state index contributed by atoms with van der Waals surface area (Å²) in [4.78, 5) is 6.26. The van der Waals surface area contributed by atoms with Gasteiger partial charge in [-0.15, -0.1) is 0 Å². The Labute approximate surface area is 121 Å². The van der Waals surface area contributed by atoms with Crippen molar-refractivity contribution >= 4 is 11.4 Å². The number of anilines is 2. The van der Waals surface area contributed by atoms with Gasteiger partial charge in [-0.25, -0.2) is 13.8 Å². The minimum absolute atomic E-state index is 0.271. The highest BCUT2D eigenvalue weighted by Gasteiger charge is 2.37. The molecule has 21 heavy (non-hydrogen) atoms. The maximum Gasteiger partial charge on any atom is 0.160 e. The Morgan fingerprint density at radius 3 is 2.62 bits per heavy atom. The molecular weight excluding hydrogens is 272 g/mol. The third kappa shape index (κ3) is 2.13. The van der Waals surface area contributed by atoms with Gasteiger partial charge < -0.3 is 4.90 Å². The van der Waals surface area contributed by atoms with Crippen LogP contribution in [-0.4, -0.2) is 11.5 Å². The zero-order chi connectivity index (χ0) is 15.2. The minimum Gasteiger partial charge on any atom is -0.339 e. The average Bonchev–Trinajstić information content (AvgIpc) is 2.73. The predicted octanol–water partition coefficient (Wildman–Crippen LogP) is 3.66. The van der Waals surface area contributed by atoms with Gasteiger partial charge in [-0.2, -0.15) is 5.26 Å². The van der Waals surface area contributed by atoms with Gasteiger partial charge in [0.2, 0.25) is 0 Å². The number of nitriles is 1. The molecule has 3 rings (SSSR count). The van der Waals surface area contributed by atoms with Crippen LogP contribution in [0.2, 0.25) is 0 Å². The summed E-state index contributed by atoms with van der Waals surface area (Å²) in [5, 5.41) is 8.97. The number of hydrogen-bond acceptors (Lipinski definition) is 3. The Hall–Kier alpha value is -2.48. The number of benzene rings is 1. The number of halogens is 2. The molecule has 1 aliphatic rings. The second kappa shape index (κ2) is 4.52. The van der Waals surface area contributed by atoms with Crippen LogP contribution in [0.25, 0.3) is 0 Å². The van der Waals surface area contributed by atoms with Gasteiger partial charge in [0.15, 0.2) is 11.6 Å². The van der Waals surface area contributed by atoms with Crippen molar-refractivity contribution < 1.29 is 8.78 Å². The van der Waals surface area contributed by atoms with Gasteiger partial charge in [0.1, 0.15) is 11.8 Å². The zero-order valence-corrected chi connectivity index (χ0v) is 11.7. The first-order valence-corrected chi connectivity index (χ1v) is 6.56. The molecule has 106 valence electrons. The van der Waals surface area contributed by atoms with Crippen molar-refractivity contribution in [1.29, 1.82) is 5.26 Å². The van der Waals surface area contributed by atoms with Crippen molar-refractivity contribution in [3.63, 3.8) is 0 Å². The summed E-state index contributed by atoms with van der Waals surface area (Å²) < 4.78 is 26.5. The van der Waals surface area contributed by atoms with E-state index in [2.05, 4.69) is 4.98 Å². The summed E-state index contributed by atoms with van der Waals surface area (Å²) in [6.45, 7) is 4.62. The van der Waals surface area contributed by atoms with E-state index in [1.54, 1.807) is 18.2 Å². The molecule has 3 nitrogen and oxygen atoms in total. The van der Waals surface area contributed by atoms with Crippen molar-refractivity contribution in [3.8, 4) is 6.07 Å². The lowest BCUT2D eigenvalue weighted by Crippen LogP contribution is -2.25. The maximum atomic E-state index is 13.5. The monoisotopic (exact) mass is 285 g/mol. The molecule has 0 unspecified atom stereocenters. The number of fused-ring (bicyclic) bond motifs is 1. The Bertz CT molecular complexity index is 763. The first-order valence-electron chi connectivity index (χ1n) is 6.56. The van der Waals surface area contributed by atoms with Crippen molar-refractivity contribution in [3.05, 3.63) is 53.4 Å². The SMILES string of the molecule is CC1(C)CN(c2ccc(F)c(F)c2)c2ccc(C#N)nc21. The normalized spacial score (nSPS) is 15.7. The second-order valence-corrected chi connectivity index (χ2v) is 5.74. The van der Waals surface area contributed by atoms with Gasteiger partial charge in [-0.1, -0.05) is 13.8 Å². The molecule has 1 aliphatic heterocycles. The van der Waals surface area contributed by atoms with Crippen LogP contribution in [0.15, 0.2) is 30.3 Å². The first kappa shape index (κ1) is 13.5. The largest absolute Gasteiger partial charge is 0.339 e. The predicted molar refractivity (Wildman–Crippen MR) is 75.3 cm³/mol. The molecule has 2 heterocycles. The molecule has 1 aromatic heterocycles. The second-order valence-electron chi connectivity index (χ2n) is 5.74. The van der Waals surface area contributed by atoms with Crippen LogP contribution in [0.4, 0.5) is 20.2 Å². The van der Waals surface area contributed by atoms with Crippen LogP contribution in [0, 0.1) is 23.0 Å². The molecule has 0 saturated heterocycles. The smallest absolute Gasteiger partial charge is 0.160 e. The molecule has 2 aromatic rings. The van der Waals surface area contributed by atoms with Crippen molar-refractivity contribution in [1.82, 2.24) is 4.98 Å². The quantitative estimate of drug-likeness (QED) is 0.802. The van der Waals surface area contributed by atoms with Gasteiger partial charge in [-0.05, 0) is 24.3 Å². The summed E-state index contributed by atoms with van der Waals surface area (Å²) in [6, 6.07) is 9.30. The van der Waals surface area contributed by atoms with Crippen LogP contribution in [0.5, 0.6) is 0 Å². The topological polar surface area (TPSA) is 39.9 Å². The molecule has 0 amide bonds. The molecule has 0 N–H and O–H groups in total. The van der Waals surface area contributed by atoms with Crippen LogP contribution in [-0.2, 0) is 5.41 Å². The molecule has 0 aliphatic carbocycles. The molecule has 0 saturated carbocycles. The molecule has 5 heteroatoms. The standard InChI is InChI=1S/C16H13F2N3/c1-16(2)9-21(11-4-5-12(17)13(18)7-11)14-6-3-10(8-19)20-15(14)16/h3-7H,9H2,1-2H3. The van der Waals surface area contributed by atoms with E-state index in [1.807, 2.05) is 24.8 Å². The summed E-state index contributed by atoms with van der Waals surface area (Å²) >= 11 is 0. The van der Waals surface area contributed by atoms with Crippen LogP contribution in [0.1, 0.15) is 25.2 Å². The lowest BCUT2D eigenvalue weighted by atomic mass is 9.91. The van der Waals surface area contributed by atoms with Gasteiger partial charge in [0.25, 0.3) is 0 Å². The Balaban J connectivity index is 2.12. The molecule has 0 atom stereocenters. The number of nitrogens with zero attached hydrogens (tertiary/aromatic N) is 3. The van der Waals surface area contributed by atoms with Crippen molar-refractivity contribution in [2.75, 3.05) is 11.4 Å². The highest BCUT2D eigenvalue weighted by atomic mass is 19.2. The van der Waals surface area contributed by atoms with E-state index in [-0.39, 0.29) is 5.41 Å². The highest BCUT2D eigenvalue weighted by molar-refractivity contribution is 5.71. The van der Waals surface area contributed by atoms with E-state index in [0.717, 1.165) is 17.4 Å². The Morgan fingerprint density at radius 1 is 1.19 bits per heavy atom. The summed E-state index contributed by atoms with van der Waals surface area (Å²) in [6.07, 6.45) is 0. The van der Waals surface area contributed by atoms with Crippen LogP contribution in [0.3, 0.4) is 0 Å². The fourth-order valence-corrected chi connectivity index (χ4v) is 2.67. The van der Waals surface area contributed by atoms with E-state index in [4.69, 9.17) is 5.26 Å². The number of rotatable bonds is 1. The lowest BCUT2D eigenvalue weighted by molar-refractivity contribution is 0.508. The third-order valence-electron chi connectivity index (χ3n) is 3.69. The van der Waals surface area contributed by atoms with Gasteiger partial charge in [0.05, 0.1) is 11.4 Å². The van der Waals surface area contributed by atoms with E-state index < -0.39 is 11.6 Å². The zero-order valence-electron chi connectivity index (χ0n) is 11.7. The number of pyridine rings is 1. The number of hydrogen-bond donors (Lipinski definition) is 0. The average molecular weight is 285 g/mol. The van der Waals surface area contributed by atoms with Gasteiger partial charge in [0, 0.05) is 23.7 Å². The fourth-order valence-electron chi connectivity index (χ4n) is 2.67. The van der Waals surface area contributed by atoms with Crippen molar-refractivity contribution in [2.24, 2.45) is 0 Å². The minimum atomic E-state index is -0.875. The maximum absolute atomic E-state index is 13.5. The lowest BCUT2D eigenvalue weighted by Gasteiger charge is -2.22. The van der Waals surface area contributed by atoms with E-state index in [1.165, 1.54) is 6.07 Å². The Kier molecular flexibility index (Phi) is 2.91. The van der Waals surface area contributed by atoms with Crippen LogP contribution >= 0.6 is 0 Å². The molecule has 0 spiro atoms. The Morgan fingerprint density at radius 2 is 1.95 bits per heavy atom. The van der Waals surface area contributed by atoms with Gasteiger partial charge >= 0.3 is 0 Å². The molecule has 0 bridgehead atoms. The highest BCUT2D eigenvalue weighted by Crippen LogP contribution is 2.43. The number of aromatic nitrogens is 1. The summed E-state index contributed by atoms with van der Waals surface area (Å²) in [7, 11) is 0.